The van der Waals surface area contributed by atoms with Crippen molar-refractivity contribution >= 4 is 12.1 Å². The minimum absolute atomic E-state index is 0.178. The normalized spacial score (nSPS) is 15.8. The average molecular weight is 319 g/mol. The second kappa shape index (κ2) is 7.30. The maximum Gasteiger partial charge on any atom is 0.410 e. The lowest BCUT2D eigenvalue weighted by Gasteiger charge is -2.40. The first-order chi connectivity index (χ1) is 10.9. The number of ether oxygens (including phenoxy) is 1. The van der Waals surface area contributed by atoms with Crippen LogP contribution in [0.4, 0.5) is 4.79 Å². The van der Waals surface area contributed by atoms with Gasteiger partial charge in [0.05, 0.1) is 18.3 Å². The fraction of sp³-hybridized carbons (Fsp3) is 0.562. The van der Waals surface area contributed by atoms with E-state index < -0.39 is 5.60 Å². The number of aromatic nitrogens is 1. The molecule has 0 aromatic carbocycles. The number of pyridine rings is 1. The van der Waals surface area contributed by atoms with E-state index >= 15 is 0 Å². The molecular formula is C16H25N5O2. The van der Waals surface area contributed by atoms with Gasteiger partial charge in [0, 0.05) is 26.3 Å². The highest BCUT2D eigenvalue weighted by atomic mass is 16.6. The van der Waals surface area contributed by atoms with Crippen molar-refractivity contribution in [3.63, 3.8) is 0 Å². The van der Waals surface area contributed by atoms with Crippen molar-refractivity contribution in [2.75, 3.05) is 20.1 Å². The Bertz CT molecular complexity index is 547. The fourth-order valence-corrected chi connectivity index (χ4v) is 2.11. The van der Waals surface area contributed by atoms with Gasteiger partial charge in [-0.05, 0) is 32.9 Å². The summed E-state index contributed by atoms with van der Waals surface area (Å²) in [7, 11) is 1.72. The summed E-state index contributed by atoms with van der Waals surface area (Å²) in [5, 5.41) is 6.49. The molecule has 0 saturated carbocycles. The molecule has 0 spiro atoms. The number of carbonyl (C=O) groups is 1. The zero-order chi connectivity index (χ0) is 16.9. The third kappa shape index (κ3) is 5.43. The van der Waals surface area contributed by atoms with Gasteiger partial charge in [0.25, 0.3) is 0 Å². The highest BCUT2D eigenvalue weighted by Crippen LogP contribution is 2.15. The van der Waals surface area contributed by atoms with Crippen LogP contribution in [-0.4, -0.2) is 53.7 Å². The monoisotopic (exact) mass is 319 g/mol. The van der Waals surface area contributed by atoms with Crippen molar-refractivity contribution in [2.45, 2.75) is 39.0 Å². The van der Waals surface area contributed by atoms with Gasteiger partial charge in [-0.2, -0.15) is 0 Å². The number of amides is 1. The Morgan fingerprint density at radius 2 is 2.17 bits per heavy atom. The molecule has 7 heteroatoms. The van der Waals surface area contributed by atoms with Crippen LogP contribution in [0.1, 0.15) is 26.5 Å². The summed E-state index contributed by atoms with van der Waals surface area (Å²) in [6, 6.07) is 5.96. The molecule has 2 rings (SSSR count). The predicted octanol–water partition coefficient (Wildman–Crippen LogP) is 1.37. The van der Waals surface area contributed by atoms with Crippen molar-refractivity contribution in [1.29, 1.82) is 0 Å². The van der Waals surface area contributed by atoms with Gasteiger partial charge < -0.3 is 20.3 Å². The number of nitrogens with one attached hydrogen (secondary N) is 2. The van der Waals surface area contributed by atoms with E-state index in [1.807, 2.05) is 39.0 Å². The first-order valence-electron chi connectivity index (χ1n) is 7.72. The van der Waals surface area contributed by atoms with E-state index in [1.54, 1.807) is 18.1 Å². The van der Waals surface area contributed by atoms with Crippen molar-refractivity contribution in [3.8, 4) is 0 Å². The Hall–Kier alpha value is -2.31. The lowest BCUT2D eigenvalue weighted by atomic mass is 10.1. The first-order valence-corrected chi connectivity index (χ1v) is 7.72. The second-order valence-electron chi connectivity index (χ2n) is 6.47. The van der Waals surface area contributed by atoms with Crippen LogP contribution in [0.25, 0.3) is 0 Å². The Morgan fingerprint density at radius 3 is 2.74 bits per heavy atom. The van der Waals surface area contributed by atoms with Crippen LogP contribution in [-0.2, 0) is 11.3 Å². The quantitative estimate of drug-likeness (QED) is 0.650. The highest BCUT2D eigenvalue weighted by Gasteiger charge is 2.34. The lowest BCUT2D eigenvalue weighted by molar-refractivity contribution is 0.00701. The molecule has 126 valence electrons. The zero-order valence-corrected chi connectivity index (χ0v) is 14.2. The molecule has 1 saturated heterocycles. The molecule has 2 heterocycles. The van der Waals surface area contributed by atoms with Crippen molar-refractivity contribution < 1.29 is 9.53 Å². The number of hydrogen-bond donors (Lipinski definition) is 2. The second-order valence-corrected chi connectivity index (χ2v) is 6.47. The van der Waals surface area contributed by atoms with Gasteiger partial charge in [0.1, 0.15) is 5.60 Å². The third-order valence-electron chi connectivity index (χ3n) is 3.26. The lowest BCUT2D eigenvalue weighted by Crippen LogP contribution is -2.63. The van der Waals surface area contributed by atoms with Crippen LogP contribution in [0, 0.1) is 0 Å². The van der Waals surface area contributed by atoms with E-state index in [1.165, 1.54) is 0 Å². The molecule has 2 N–H and O–H groups in total. The number of nitrogens with zero attached hydrogens (tertiary/aromatic N) is 3. The van der Waals surface area contributed by atoms with E-state index in [2.05, 4.69) is 20.6 Å². The maximum absolute atomic E-state index is 11.9. The number of rotatable bonds is 3. The fourth-order valence-electron chi connectivity index (χ4n) is 2.11. The standard InChI is InChI=1S/C16H25N5O2/c1-16(2,3)23-15(22)21-10-13(11-21)20-14(17-4)19-9-12-7-5-6-8-18-12/h5-8,13H,9-11H2,1-4H3,(H2,17,19,20). The molecule has 1 amide bonds. The zero-order valence-electron chi connectivity index (χ0n) is 14.2. The summed E-state index contributed by atoms with van der Waals surface area (Å²) in [5.74, 6) is 0.699. The smallest absolute Gasteiger partial charge is 0.410 e. The van der Waals surface area contributed by atoms with Crippen LogP contribution in [0.3, 0.4) is 0 Å². The van der Waals surface area contributed by atoms with Crippen LogP contribution in [0.5, 0.6) is 0 Å². The topological polar surface area (TPSA) is 78.9 Å². The molecule has 1 aromatic rings. The molecule has 0 bridgehead atoms. The summed E-state index contributed by atoms with van der Waals surface area (Å²) in [4.78, 5) is 22.0. The van der Waals surface area contributed by atoms with E-state index in [9.17, 15) is 4.79 Å². The van der Waals surface area contributed by atoms with E-state index in [4.69, 9.17) is 4.74 Å². The van der Waals surface area contributed by atoms with Crippen molar-refractivity contribution in [3.05, 3.63) is 30.1 Å². The number of carbonyl (C=O) groups excluding carboxylic acids is 1. The van der Waals surface area contributed by atoms with Crippen molar-refractivity contribution in [2.24, 2.45) is 4.99 Å². The van der Waals surface area contributed by atoms with Crippen LogP contribution in [0.2, 0.25) is 0 Å². The Morgan fingerprint density at radius 1 is 1.43 bits per heavy atom. The molecule has 1 fully saturated rings. The molecule has 0 radical (unpaired) electrons. The predicted molar refractivity (Wildman–Crippen MR) is 89.2 cm³/mol. The minimum Gasteiger partial charge on any atom is -0.444 e. The van der Waals surface area contributed by atoms with Crippen molar-refractivity contribution in [1.82, 2.24) is 20.5 Å². The Labute approximate surface area is 137 Å². The summed E-state index contributed by atoms with van der Waals surface area (Å²) < 4.78 is 5.33. The summed E-state index contributed by atoms with van der Waals surface area (Å²) >= 11 is 0. The van der Waals surface area contributed by atoms with Gasteiger partial charge in [-0.15, -0.1) is 0 Å². The molecule has 1 aliphatic heterocycles. The van der Waals surface area contributed by atoms with Gasteiger partial charge in [-0.3, -0.25) is 9.98 Å². The summed E-state index contributed by atoms with van der Waals surface area (Å²) in [5.41, 5.74) is 0.482. The van der Waals surface area contributed by atoms with Crippen LogP contribution >= 0.6 is 0 Å². The van der Waals surface area contributed by atoms with E-state index in [-0.39, 0.29) is 12.1 Å². The molecular weight excluding hydrogens is 294 g/mol. The van der Waals surface area contributed by atoms with Gasteiger partial charge in [0.15, 0.2) is 5.96 Å². The van der Waals surface area contributed by atoms with E-state index in [0.717, 1.165) is 5.69 Å². The molecule has 23 heavy (non-hydrogen) atoms. The average Bonchev–Trinajstić information content (AvgIpc) is 2.44. The van der Waals surface area contributed by atoms with Crippen LogP contribution in [0.15, 0.2) is 29.4 Å². The molecule has 1 aromatic heterocycles. The van der Waals surface area contributed by atoms with E-state index in [0.29, 0.717) is 25.6 Å². The Balaban J connectivity index is 1.72. The minimum atomic E-state index is -0.462. The SMILES string of the molecule is CN=C(NCc1ccccn1)NC1CN(C(=O)OC(C)(C)C)C1. The van der Waals surface area contributed by atoms with Gasteiger partial charge in [-0.1, -0.05) is 6.07 Å². The van der Waals surface area contributed by atoms with Gasteiger partial charge in [0.2, 0.25) is 0 Å². The molecule has 0 unspecified atom stereocenters. The van der Waals surface area contributed by atoms with Gasteiger partial charge >= 0.3 is 6.09 Å². The summed E-state index contributed by atoms with van der Waals surface area (Å²) in [6.45, 7) is 7.42. The summed E-state index contributed by atoms with van der Waals surface area (Å²) in [6.07, 6.45) is 1.49. The first kappa shape index (κ1) is 17.1. The molecule has 0 aliphatic carbocycles. The molecule has 0 atom stereocenters. The number of aliphatic imine (C=N–C) groups is 1. The number of guanidine groups is 1. The Kier molecular flexibility index (Phi) is 5.41. The largest absolute Gasteiger partial charge is 0.444 e. The molecule has 1 aliphatic rings. The highest BCUT2D eigenvalue weighted by molar-refractivity contribution is 5.80. The maximum atomic E-state index is 11.9. The third-order valence-corrected chi connectivity index (χ3v) is 3.26. The molecule has 7 nitrogen and oxygen atoms in total. The van der Waals surface area contributed by atoms with Crippen LogP contribution < -0.4 is 10.6 Å². The number of hydrogen-bond acceptors (Lipinski definition) is 4. The van der Waals surface area contributed by atoms with Gasteiger partial charge in [-0.25, -0.2) is 4.79 Å². The number of likely N-dealkylation sites (tertiary alicyclic amines) is 1.